The van der Waals surface area contributed by atoms with Gasteiger partial charge < -0.3 is 20.7 Å². The van der Waals surface area contributed by atoms with Crippen LogP contribution in [0, 0.1) is 11.3 Å². The summed E-state index contributed by atoms with van der Waals surface area (Å²) in [5.41, 5.74) is 4.54. The number of nitrogens with zero attached hydrogens (tertiary/aromatic N) is 3. The number of aromatic nitrogens is 2. The first-order valence-electron chi connectivity index (χ1n) is 6.03. The summed E-state index contributed by atoms with van der Waals surface area (Å²) in [5.74, 6) is 0.263. The molecule has 1 saturated heterocycles. The molecule has 0 saturated carbocycles. The van der Waals surface area contributed by atoms with E-state index in [1.165, 1.54) is 17.7 Å². The minimum Gasteiger partial charge on any atom is -0.392 e. The molecule has 3 rings (SSSR count). The molecule has 0 spiro atoms. The Balaban J connectivity index is 2.08. The largest absolute Gasteiger partial charge is 0.392 e. The van der Waals surface area contributed by atoms with Gasteiger partial charge in [-0.1, -0.05) is 0 Å². The van der Waals surface area contributed by atoms with Crippen LogP contribution in [-0.2, 0) is 4.74 Å². The molecule has 0 unspecified atom stereocenters. The second-order valence-corrected chi connectivity index (χ2v) is 5.59. The molecule has 0 amide bonds. The van der Waals surface area contributed by atoms with Crippen molar-refractivity contribution in [2.75, 3.05) is 12.3 Å². The summed E-state index contributed by atoms with van der Waals surface area (Å²) < 4.78 is 20.2. The summed E-state index contributed by atoms with van der Waals surface area (Å²) in [5, 5.41) is 29.8. The van der Waals surface area contributed by atoms with Crippen LogP contribution >= 0.6 is 11.3 Å². The average molecular weight is 310 g/mol. The lowest BCUT2D eigenvalue weighted by Gasteiger charge is -2.20. The number of hydrogen-bond acceptors (Lipinski definition) is 8. The predicted molar refractivity (Wildman–Crippen MR) is 72.0 cm³/mol. The van der Waals surface area contributed by atoms with Crippen molar-refractivity contribution in [2.24, 2.45) is 0 Å². The average Bonchev–Trinajstić information content (AvgIpc) is 3.02. The van der Waals surface area contributed by atoms with E-state index in [4.69, 9.17) is 15.7 Å². The third-order valence-corrected chi connectivity index (χ3v) is 4.56. The highest BCUT2D eigenvalue weighted by molar-refractivity contribution is 7.17. The number of halogens is 1. The van der Waals surface area contributed by atoms with Crippen molar-refractivity contribution in [2.45, 2.75) is 24.0 Å². The fourth-order valence-electron chi connectivity index (χ4n) is 2.37. The van der Waals surface area contributed by atoms with Gasteiger partial charge in [-0.2, -0.15) is 5.26 Å². The topological polar surface area (TPSA) is 125 Å². The maximum atomic E-state index is 14.3. The molecular weight excluding hydrogens is 299 g/mol. The Labute approximate surface area is 122 Å². The Morgan fingerprint density at radius 1 is 1.57 bits per heavy atom. The van der Waals surface area contributed by atoms with E-state index in [1.807, 2.05) is 0 Å². The van der Waals surface area contributed by atoms with Gasteiger partial charge in [-0.3, -0.25) is 0 Å². The monoisotopic (exact) mass is 310 g/mol. The van der Waals surface area contributed by atoms with Crippen molar-refractivity contribution < 1.29 is 19.3 Å². The van der Waals surface area contributed by atoms with Crippen LogP contribution < -0.4 is 5.73 Å². The zero-order chi connectivity index (χ0) is 15.2. The molecule has 0 aliphatic carbocycles. The van der Waals surface area contributed by atoms with Gasteiger partial charge in [-0.25, -0.2) is 14.4 Å². The Hall–Kier alpha value is -1.86. The predicted octanol–water partition coefficient (Wildman–Crippen LogP) is 0.298. The van der Waals surface area contributed by atoms with Crippen LogP contribution in [0.3, 0.4) is 0 Å². The molecule has 21 heavy (non-hydrogen) atoms. The van der Waals surface area contributed by atoms with Gasteiger partial charge in [0.05, 0.1) is 16.8 Å². The second-order valence-electron chi connectivity index (χ2n) is 4.71. The lowest BCUT2D eigenvalue weighted by molar-refractivity contribution is -0.0731. The third-order valence-electron chi connectivity index (χ3n) is 3.55. The van der Waals surface area contributed by atoms with Gasteiger partial charge in [0.1, 0.15) is 30.4 Å². The van der Waals surface area contributed by atoms with Gasteiger partial charge in [-0.05, 0) is 5.38 Å². The van der Waals surface area contributed by atoms with Gasteiger partial charge in [0.25, 0.3) is 0 Å². The van der Waals surface area contributed by atoms with Gasteiger partial charge in [0.15, 0.2) is 6.17 Å². The van der Waals surface area contributed by atoms with Gasteiger partial charge in [-0.15, -0.1) is 11.3 Å². The molecule has 0 radical (unpaired) electrons. The molecule has 7 nitrogen and oxygen atoms in total. The van der Waals surface area contributed by atoms with Crippen LogP contribution in [0.25, 0.3) is 10.2 Å². The highest BCUT2D eigenvalue weighted by Gasteiger charge is 2.56. The van der Waals surface area contributed by atoms with Crippen molar-refractivity contribution >= 4 is 27.4 Å². The van der Waals surface area contributed by atoms with E-state index in [2.05, 4.69) is 9.97 Å². The minimum atomic E-state index is -1.98. The number of aliphatic hydroxyl groups excluding tert-OH is 2. The number of rotatable bonds is 2. The Bertz CT molecular complexity index is 733. The Morgan fingerprint density at radius 2 is 2.33 bits per heavy atom. The summed E-state index contributed by atoms with van der Waals surface area (Å²) in [6, 6.07) is 1.64. The van der Waals surface area contributed by atoms with Crippen molar-refractivity contribution in [1.29, 1.82) is 5.26 Å². The van der Waals surface area contributed by atoms with Crippen molar-refractivity contribution in [3.63, 3.8) is 0 Å². The number of aliphatic hydroxyl groups is 2. The first-order valence-corrected chi connectivity index (χ1v) is 6.91. The minimum absolute atomic E-state index is 0.263. The summed E-state index contributed by atoms with van der Waals surface area (Å²) in [6.07, 6.45) is -3.55. The number of hydrogen-bond donors (Lipinski definition) is 3. The van der Waals surface area contributed by atoms with Gasteiger partial charge >= 0.3 is 0 Å². The molecule has 0 aromatic carbocycles. The number of thiophene rings is 1. The molecule has 4 N–H and O–H groups in total. The summed E-state index contributed by atoms with van der Waals surface area (Å²) in [7, 11) is 0. The highest BCUT2D eigenvalue weighted by Crippen LogP contribution is 2.44. The number of nitriles is 1. The van der Waals surface area contributed by atoms with Crippen LogP contribution in [0.5, 0.6) is 0 Å². The van der Waals surface area contributed by atoms with Crippen LogP contribution in [0.4, 0.5) is 10.2 Å². The quantitative estimate of drug-likeness (QED) is 0.728. The van der Waals surface area contributed by atoms with E-state index in [0.717, 1.165) is 0 Å². The van der Waals surface area contributed by atoms with E-state index in [1.54, 1.807) is 11.4 Å². The number of nitrogen functional groups attached to an aromatic ring is 1. The van der Waals surface area contributed by atoms with Crippen LogP contribution in [0.1, 0.15) is 11.7 Å². The molecule has 2 aromatic heterocycles. The van der Waals surface area contributed by atoms with Crippen LogP contribution in [-0.4, -0.2) is 44.7 Å². The van der Waals surface area contributed by atoms with Crippen LogP contribution in [0.15, 0.2) is 11.7 Å². The van der Waals surface area contributed by atoms with Crippen molar-refractivity contribution in [3.05, 3.63) is 17.3 Å². The fourth-order valence-corrected chi connectivity index (χ4v) is 3.31. The lowest BCUT2D eigenvalue weighted by Crippen LogP contribution is -2.44. The number of fused-ring (bicyclic) bond motifs is 1. The summed E-state index contributed by atoms with van der Waals surface area (Å²) in [6.45, 7) is -0.805. The SMILES string of the molecule is N#C[C@]1(CO)O[C@@H](c2csc3c(N)ncnc23)[C@H](F)[C@@H]1O. The van der Waals surface area contributed by atoms with E-state index in [0.29, 0.717) is 15.8 Å². The molecule has 3 heterocycles. The van der Waals surface area contributed by atoms with Gasteiger partial charge in [0.2, 0.25) is 5.60 Å². The van der Waals surface area contributed by atoms with Crippen LogP contribution in [0.2, 0.25) is 0 Å². The number of ether oxygens (including phenoxy) is 1. The maximum absolute atomic E-state index is 14.3. The van der Waals surface area contributed by atoms with E-state index < -0.39 is 30.6 Å². The first kappa shape index (κ1) is 14.1. The smallest absolute Gasteiger partial charge is 0.206 e. The first-order chi connectivity index (χ1) is 10.0. The molecule has 1 fully saturated rings. The lowest BCUT2D eigenvalue weighted by atomic mass is 9.96. The molecule has 0 bridgehead atoms. The summed E-state index contributed by atoms with van der Waals surface area (Å²) >= 11 is 1.22. The fraction of sp³-hybridized carbons (Fsp3) is 0.417. The second kappa shape index (κ2) is 4.85. The summed E-state index contributed by atoms with van der Waals surface area (Å²) in [4.78, 5) is 7.89. The van der Waals surface area contributed by atoms with E-state index in [9.17, 15) is 14.6 Å². The molecule has 1 aliphatic rings. The Kier molecular flexibility index (Phi) is 3.26. The van der Waals surface area contributed by atoms with E-state index >= 15 is 0 Å². The molecule has 110 valence electrons. The van der Waals surface area contributed by atoms with E-state index in [-0.39, 0.29) is 5.82 Å². The standard InChI is InChI=1S/C12H11FN4O3S/c13-6-8(20-12(2-14,3-18)10(6)19)5-1-21-9-7(5)16-4-17-11(9)15/h1,4,6,8,10,18-19H,3H2,(H2,15,16,17)/t6-,8-,10-,12+/m0/s1. The number of alkyl halides is 1. The molecule has 4 atom stereocenters. The van der Waals surface area contributed by atoms with Crippen molar-refractivity contribution in [3.8, 4) is 6.07 Å². The highest BCUT2D eigenvalue weighted by atomic mass is 32.1. The number of nitrogens with two attached hydrogens (primary N) is 1. The molecule has 9 heteroatoms. The Morgan fingerprint density at radius 3 is 2.95 bits per heavy atom. The molecular formula is C12H11FN4O3S. The van der Waals surface area contributed by atoms with Crippen molar-refractivity contribution in [1.82, 2.24) is 9.97 Å². The third kappa shape index (κ3) is 1.88. The number of anilines is 1. The normalized spacial score (nSPS) is 32.4. The molecule has 1 aliphatic heterocycles. The zero-order valence-electron chi connectivity index (χ0n) is 10.6. The van der Waals surface area contributed by atoms with Gasteiger partial charge in [0, 0.05) is 5.56 Å². The molecule has 2 aromatic rings. The zero-order valence-corrected chi connectivity index (χ0v) is 11.4. The maximum Gasteiger partial charge on any atom is 0.206 e.